The van der Waals surface area contributed by atoms with Gasteiger partial charge in [-0.3, -0.25) is 4.79 Å². The molecule has 1 aromatic rings. The first-order valence-corrected chi connectivity index (χ1v) is 5.32. The standard InChI is InChI=1S/C12H13FO4/c13-11-3-1-2-9(4-11)5-17-12(14)10-6-15-8-16-7-10/h1-4,10H,5-8H2. The zero-order valence-corrected chi connectivity index (χ0v) is 9.23. The largest absolute Gasteiger partial charge is 0.460 e. The lowest BCUT2D eigenvalue weighted by atomic mass is 10.2. The summed E-state index contributed by atoms with van der Waals surface area (Å²) in [7, 11) is 0. The minimum Gasteiger partial charge on any atom is -0.460 e. The third kappa shape index (κ3) is 3.51. The van der Waals surface area contributed by atoms with Gasteiger partial charge in [0.05, 0.1) is 13.2 Å². The van der Waals surface area contributed by atoms with E-state index in [-0.39, 0.29) is 25.2 Å². The van der Waals surface area contributed by atoms with Crippen LogP contribution in [0.5, 0.6) is 0 Å². The zero-order valence-electron chi connectivity index (χ0n) is 9.23. The Morgan fingerprint density at radius 3 is 2.88 bits per heavy atom. The highest BCUT2D eigenvalue weighted by Gasteiger charge is 2.23. The Bertz CT molecular complexity index is 388. The molecule has 0 atom stereocenters. The quantitative estimate of drug-likeness (QED) is 0.751. The molecule has 17 heavy (non-hydrogen) atoms. The minimum absolute atomic E-state index is 0.0626. The molecule has 0 aromatic heterocycles. The van der Waals surface area contributed by atoms with Crippen molar-refractivity contribution in [3.05, 3.63) is 35.6 Å². The molecule has 0 N–H and O–H groups in total. The van der Waals surface area contributed by atoms with Crippen molar-refractivity contribution in [3.8, 4) is 0 Å². The summed E-state index contributed by atoms with van der Waals surface area (Å²) in [5, 5.41) is 0. The highest BCUT2D eigenvalue weighted by atomic mass is 19.1. The lowest BCUT2D eigenvalue weighted by Crippen LogP contribution is -2.32. The Kier molecular flexibility index (Phi) is 4.06. The van der Waals surface area contributed by atoms with Gasteiger partial charge in [0, 0.05) is 0 Å². The van der Waals surface area contributed by atoms with E-state index in [1.165, 1.54) is 12.1 Å². The second-order valence-electron chi connectivity index (χ2n) is 3.79. The van der Waals surface area contributed by atoms with E-state index in [9.17, 15) is 9.18 Å². The first-order valence-electron chi connectivity index (χ1n) is 5.32. The number of halogens is 1. The maximum absolute atomic E-state index is 12.9. The number of rotatable bonds is 3. The van der Waals surface area contributed by atoms with Gasteiger partial charge in [0.2, 0.25) is 0 Å². The van der Waals surface area contributed by atoms with Gasteiger partial charge in [-0.1, -0.05) is 12.1 Å². The van der Waals surface area contributed by atoms with Crippen LogP contribution in [0.2, 0.25) is 0 Å². The van der Waals surface area contributed by atoms with Crippen molar-refractivity contribution in [2.45, 2.75) is 6.61 Å². The van der Waals surface area contributed by atoms with E-state index >= 15 is 0 Å². The zero-order chi connectivity index (χ0) is 12.1. The predicted octanol–water partition coefficient (Wildman–Crippen LogP) is 1.49. The Balaban J connectivity index is 1.83. The van der Waals surface area contributed by atoms with Crippen molar-refractivity contribution in [3.63, 3.8) is 0 Å². The van der Waals surface area contributed by atoms with Crippen LogP contribution in [0, 0.1) is 11.7 Å². The fourth-order valence-electron chi connectivity index (χ4n) is 1.52. The second kappa shape index (κ2) is 5.75. The number of benzene rings is 1. The first kappa shape index (κ1) is 12.0. The highest BCUT2D eigenvalue weighted by Crippen LogP contribution is 2.10. The summed E-state index contributed by atoms with van der Waals surface area (Å²) in [4.78, 5) is 11.6. The summed E-state index contributed by atoms with van der Waals surface area (Å²) < 4.78 is 27.9. The van der Waals surface area contributed by atoms with E-state index in [0.717, 1.165) is 0 Å². The van der Waals surface area contributed by atoms with E-state index in [4.69, 9.17) is 14.2 Å². The molecule has 2 rings (SSSR count). The molecule has 1 aliphatic heterocycles. The van der Waals surface area contributed by atoms with E-state index in [1.807, 2.05) is 0 Å². The van der Waals surface area contributed by atoms with Gasteiger partial charge in [-0.15, -0.1) is 0 Å². The van der Waals surface area contributed by atoms with Crippen molar-refractivity contribution in [1.29, 1.82) is 0 Å². The van der Waals surface area contributed by atoms with Gasteiger partial charge >= 0.3 is 5.97 Å². The summed E-state index contributed by atoms with van der Waals surface area (Å²) in [6.07, 6.45) is 0. The van der Waals surface area contributed by atoms with E-state index in [0.29, 0.717) is 18.8 Å². The van der Waals surface area contributed by atoms with Crippen molar-refractivity contribution in [2.24, 2.45) is 5.92 Å². The number of hydrogen-bond donors (Lipinski definition) is 0. The molecule has 92 valence electrons. The fraction of sp³-hybridized carbons (Fsp3) is 0.417. The molecular weight excluding hydrogens is 227 g/mol. The SMILES string of the molecule is O=C(OCc1cccc(F)c1)C1COCOC1. The highest BCUT2D eigenvalue weighted by molar-refractivity contribution is 5.72. The number of carbonyl (C=O) groups excluding carboxylic acids is 1. The Morgan fingerprint density at radius 1 is 1.41 bits per heavy atom. The number of carbonyl (C=O) groups is 1. The molecule has 0 unspecified atom stereocenters. The molecule has 0 radical (unpaired) electrons. The van der Waals surface area contributed by atoms with Crippen LogP contribution in [-0.4, -0.2) is 26.0 Å². The number of ether oxygens (including phenoxy) is 3. The van der Waals surface area contributed by atoms with Crippen molar-refractivity contribution in [1.82, 2.24) is 0 Å². The van der Waals surface area contributed by atoms with Gasteiger partial charge in [0.1, 0.15) is 25.1 Å². The van der Waals surface area contributed by atoms with Crippen molar-refractivity contribution < 1.29 is 23.4 Å². The Hall–Kier alpha value is -1.46. The number of hydrogen-bond acceptors (Lipinski definition) is 4. The van der Waals surface area contributed by atoms with Crippen LogP contribution in [0.3, 0.4) is 0 Å². The van der Waals surface area contributed by atoms with Crippen LogP contribution in [0.4, 0.5) is 4.39 Å². The molecule has 1 aliphatic rings. The lowest BCUT2D eigenvalue weighted by molar-refractivity contribution is -0.172. The van der Waals surface area contributed by atoms with Crippen LogP contribution in [0.25, 0.3) is 0 Å². The summed E-state index contributed by atoms with van der Waals surface area (Å²) in [6.45, 7) is 0.894. The van der Waals surface area contributed by atoms with E-state index < -0.39 is 5.92 Å². The molecule has 4 nitrogen and oxygen atoms in total. The fourth-order valence-corrected chi connectivity index (χ4v) is 1.52. The number of esters is 1. The normalized spacial score (nSPS) is 16.8. The lowest BCUT2D eigenvalue weighted by Gasteiger charge is -2.20. The van der Waals surface area contributed by atoms with Gasteiger partial charge < -0.3 is 14.2 Å². The third-order valence-electron chi connectivity index (χ3n) is 2.41. The monoisotopic (exact) mass is 240 g/mol. The Labute approximate surface area is 98.3 Å². The summed E-state index contributed by atoms with van der Waals surface area (Å²) in [5.41, 5.74) is 0.621. The maximum Gasteiger partial charge on any atom is 0.313 e. The second-order valence-corrected chi connectivity index (χ2v) is 3.79. The molecule has 0 spiro atoms. The minimum atomic E-state index is -0.391. The molecular formula is C12H13FO4. The molecule has 1 aromatic carbocycles. The molecule has 0 amide bonds. The van der Waals surface area contributed by atoms with Gasteiger partial charge in [0.25, 0.3) is 0 Å². The average Bonchev–Trinajstić information content (AvgIpc) is 2.37. The average molecular weight is 240 g/mol. The summed E-state index contributed by atoms with van der Waals surface area (Å²) >= 11 is 0. The van der Waals surface area contributed by atoms with Gasteiger partial charge in [-0.05, 0) is 17.7 Å². The molecule has 0 aliphatic carbocycles. The first-order chi connectivity index (χ1) is 8.25. The maximum atomic E-state index is 12.9. The topological polar surface area (TPSA) is 44.8 Å². The van der Waals surface area contributed by atoms with Crippen LogP contribution in [0.15, 0.2) is 24.3 Å². The van der Waals surface area contributed by atoms with Crippen LogP contribution >= 0.6 is 0 Å². The van der Waals surface area contributed by atoms with Crippen LogP contribution < -0.4 is 0 Å². The molecule has 0 bridgehead atoms. The van der Waals surface area contributed by atoms with E-state index in [1.54, 1.807) is 12.1 Å². The van der Waals surface area contributed by atoms with Crippen molar-refractivity contribution in [2.75, 3.05) is 20.0 Å². The van der Waals surface area contributed by atoms with Gasteiger partial charge in [-0.25, -0.2) is 4.39 Å². The van der Waals surface area contributed by atoms with Crippen LogP contribution in [-0.2, 0) is 25.6 Å². The smallest absolute Gasteiger partial charge is 0.313 e. The molecule has 1 fully saturated rings. The Morgan fingerprint density at radius 2 is 2.18 bits per heavy atom. The van der Waals surface area contributed by atoms with Crippen molar-refractivity contribution >= 4 is 5.97 Å². The molecule has 1 heterocycles. The van der Waals surface area contributed by atoms with Gasteiger partial charge in [-0.2, -0.15) is 0 Å². The molecule has 0 saturated carbocycles. The third-order valence-corrected chi connectivity index (χ3v) is 2.41. The predicted molar refractivity (Wildman–Crippen MR) is 56.5 cm³/mol. The molecule has 5 heteroatoms. The molecule has 1 saturated heterocycles. The summed E-state index contributed by atoms with van der Waals surface area (Å²) in [6, 6.07) is 5.95. The van der Waals surface area contributed by atoms with Crippen LogP contribution in [0.1, 0.15) is 5.56 Å². The summed E-state index contributed by atoms with van der Waals surface area (Å²) in [5.74, 6) is -1.12. The van der Waals surface area contributed by atoms with Gasteiger partial charge in [0.15, 0.2) is 0 Å². The van der Waals surface area contributed by atoms with E-state index in [2.05, 4.69) is 0 Å².